The summed E-state index contributed by atoms with van der Waals surface area (Å²) in [6.45, 7) is 2.19. The molecule has 2 aromatic rings. The van der Waals surface area contributed by atoms with E-state index in [1.165, 1.54) is 0 Å². The van der Waals surface area contributed by atoms with Crippen LogP contribution < -0.4 is 20.1 Å². The van der Waals surface area contributed by atoms with Crippen molar-refractivity contribution in [2.75, 3.05) is 13.3 Å². The van der Waals surface area contributed by atoms with E-state index in [2.05, 4.69) is 36.8 Å². The lowest BCUT2D eigenvalue weighted by molar-refractivity contribution is 0.0944. The second-order valence-corrected chi connectivity index (χ2v) is 6.30. The number of hydrogen-bond donors (Lipinski definition) is 3. The molecule has 0 spiro atoms. The van der Waals surface area contributed by atoms with Crippen molar-refractivity contribution in [2.45, 2.75) is 19.5 Å². The van der Waals surface area contributed by atoms with Crippen LogP contribution in [0, 0.1) is 0 Å². The largest absolute Gasteiger partial charge is 0.454 e. The van der Waals surface area contributed by atoms with Gasteiger partial charge >= 0.3 is 0 Å². The van der Waals surface area contributed by atoms with Crippen LogP contribution in [0.2, 0.25) is 0 Å². The second-order valence-electron chi connectivity index (χ2n) is 5.45. The molecule has 3 N–H and O–H groups in total. The van der Waals surface area contributed by atoms with Crippen LogP contribution >= 0.6 is 15.9 Å². The molecule has 120 valence electrons. The van der Waals surface area contributed by atoms with E-state index in [-0.39, 0.29) is 12.7 Å². The van der Waals surface area contributed by atoms with E-state index in [1.807, 2.05) is 12.1 Å². The predicted octanol–water partition coefficient (Wildman–Crippen LogP) is 1.48. The van der Waals surface area contributed by atoms with Crippen LogP contribution in [0.4, 0.5) is 0 Å². The van der Waals surface area contributed by atoms with Crippen LogP contribution in [0.1, 0.15) is 27.3 Å². The van der Waals surface area contributed by atoms with Crippen molar-refractivity contribution >= 4 is 21.8 Å². The summed E-state index contributed by atoms with van der Waals surface area (Å²) >= 11 is 3.45. The Kier molecular flexibility index (Phi) is 3.70. The van der Waals surface area contributed by atoms with Crippen molar-refractivity contribution in [3.63, 3.8) is 0 Å². The molecule has 2 aliphatic heterocycles. The third kappa shape index (κ3) is 2.68. The van der Waals surface area contributed by atoms with Gasteiger partial charge in [0.2, 0.25) is 6.79 Å². The van der Waals surface area contributed by atoms with Gasteiger partial charge in [0.1, 0.15) is 0 Å². The molecule has 2 aliphatic rings. The lowest BCUT2D eigenvalue weighted by Crippen LogP contribution is -2.28. The fourth-order valence-electron chi connectivity index (χ4n) is 2.80. The van der Waals surface area contributed by atoms with Crippen LogP contribution in [0.25, 0.3) is 0 Å². The molecular formula is C15H15BrN4O3. The minimum Gasteiger partial charge on any atom is -0.454 e. The number of halogens is 1. The Hall–Kier alpha value is -2.06. The molecule has 0 unspecified atom stereocenters. The van der Waals surface area contributed by atoms with Crippen molar-refractivity contribution in [3.8, 4) is 11.5 Å². The lowest BCUT2D eigenvalue weighted by atomic mass is 10.1. The summed E-state index contributed by atoms with van der Waals surface area (Å²) in [5, 5.41) is 13.3. The van der Waals surface area contributed by atoms with Crippen molar-refractivity contribution in [3.05, 3.63) is 39.1 Å². The number of carbonyl (C=O) groups is 1. The lowest BCUT2D eigenvalue weighted by Gasteiger charge is -2.13. The summed E-state index contributed by atoms with van der Waals surface area (Å²) in [7, 11) is 0. The molecule has 3 heterocycles. The average Bonchev–Trinajstić information content (AvgIpc) is 3.19. The fraction of sp³-hybridized carbons (Fsp3) is 0.333. The summed E-state index contributed by atoms with van der Waals surface area (Å²) in [6, 6.07) is 3.78. The van der Waals surface area contributed by atoms with Crippen LogP contribution in [-0.2, 0) is 19.5 Å². The Morgan fingerprint density at radius 3 is 3.22 bits per heavy atom. The van der Waals surface area contributed by atoms with Gasteiger partial charge in [0.05, 0.1) is 4.47 Å². The van der Waals surface area contributed by atoms with Gasteiger partial charge in [-0.05, 0) is 33.6 Å². The summed E-state index contributed by atoms with van der Waals surface area (Å²) < 4.78 is 11.6. The maximum Gasteiger partial charge on any atom is 0.272 e. The standard InChI is InChI=1S/C15H15BrN4O3/c16-10-3-8(4-12-14(10)23-7-22-12)5-18-15(21)13-9-6-17-2-1-11(9)19-20-13/h3-4,17H,1-2,5-7H2,(H,18,21)(H,19,20). The SMILES string of the molecule is O=C(NCc1cc(Br)c2c(c1)OCO2)c1n[nH]c2c1CNCC2. The number of carbonyl (C=O) groups excluding carboxylic acids is 1. The fourth-order valence-corrected chi connectivity index (χ4v) is 3.41. The minimum atomic E-state index is -0.181. The first kappa shape index (κ1) is 14.5. The zero-order chi connectivity index (χ0) is 15.8. The minimum absolute atomic E-state index is 0.181. The number of ether oxygens (including phenoxy) is 2. The third-order valence-electron chi connectivity index (χ3n) is 3.96. The average molecular weight is 379 g/mol. The monoisotopic (exact) mass is 378 g/mol. The molecule has 1 aromatic heterocycles. The first-order valence-corrected chi connectivity index (χ1v) is 8.14. The van der Waals surface area contributed by atoms with E-state index < -0.39 is 0 Å². The Morgan fingerprint density at radius 1 is 1.39 bits per heavy atom. The van der Waals surface area contributed by atoms with Gasteiger partial charge in [-0.3, -0.25) is 9.89 Å². The van der Waals surface area contributed by atoms with Gasteiger partial charge in [-0.25, -0.2) is 0 Å². The number of aromatic nitrogens is 2. The molecule has 0 radical (unpaired) electrons. The van der Waals surface area contributed by atoms with Crippen LogP contribution in [-0.4, -0.2) is 29.4 Å². The highest BCUT2D eigenvalue weighted by Gasteiger charge is 2.22. The number of rotatable bonds is 3. The number of fused-ring (bicyclic) bond motifs is 2. The van der Waals surface area contributed by atoms with Crippen LogP contribution in [0.3, 0.4) is 0 Å². The van der Waals surface area contributed by atoms with Crippen molar-refractivity contribution in [1.82, 2.24) is 20.8 Å². The summed E-state index contributed by atoms with van der Waals surface area (Å²) in [5.41, 5.74) is 3.39. The number of aromatic amines is 1. The quantitative estimate of drug-likeness (QED) is 0.752. The smallest absolute Gasteiger partial charge is 0.272 e. The summed E-state index contributed by atoms with van der Waals surface area (Å²) in [4.78, 5) is 12.4. The molecule has 1 amide bonds. The van der Waals surface area contributed by atoms with E-state index in [9.17, 15) is 4.79 Å². The number of H-pyrrole nitrogens is 1. The molecule has 0 bridgehead atoms. The van der Waals surface area contributed by atoms with Crippen molar-refractivity contribution in [2.24, 2.45) is 0 Å². The molecule has 0 saturated heterocycles. The van der Waals surface area contributed by atoms with Gasteiger partial charge in [0.25, 0.3) is 5.91 Å². The van der Waals surface area contributed by atoms with Gasteiger partial charge in [-0.2, -0.15) is 5.10 Å². The Labute approximate surface area is 140 Å². The number of hydrogen-bond acceptors (Lipinski definition) is 5. The number of amides is 1. The van der Waals surface area contributed by atoms with Crippen molar-refractivity contribution < 1.29 is 14.3 Å². The normalized spacial score (nSPS) is 15.3. The molecule has 8 heteroatoms. The van der Waals surface area contributed by atoms with Gasteiger partial charge in [0, 0.05) is 37.3 Å². The second kappa shape index (κ2) is 5.86. The zero-order valence-corrected chi connectivity index (χ0v) is 13.8. The van der Waals surface area contributed by atoms with Gasteiger partial charge < -0.3 is 20.1 Å². The Bertz CT molecular complexity index is 774. The van der Waals surface area contributed by atoms with E-state index in [1.54, 1.807) is 0 Å². The topological polar surface area (TPSA) is 88.3 Å². The van der Waals surface area contributed by atoms with Crippen LogP contribution in [0.15, 0.2) is 16.6 Å². The number of nitrogens with one attached hydrogen (secondary N) is 3. The highest BCUT2D eigenvalue weighted by atomic mass is 79.9. The Morgan fingerprint density at radius 2 is 2.30 bits per heavy atom. The van der Waals surface area contributed by atoms with Gasteiger partial charge in [-0.1, -0.05) is 0 Å². The molecule has 0 atom stereocenters. The Balaban J connectivity index is 1.48. The molecule has 0 fully saturated rings. The van der Waals surface area contributed by atoms with E-state index in [0.717, 1.165) is 34.3 Å². The van der Waals surface area contributed by atoms with E-state index in [4.69, 9.17) is 9.47 Å². The first-order valence-electron chi connectivity index (χ1n) is 7.35. The molecule has 7 nitrogen and oxygen atoms in total. The molecular weight excluding hydrogens is 364 g/mol. The highest BCUT2D eigenvalue weighted by Crippen LogP contribution is 2.39. The molecule has 0 aliphatic carbocycles. The van der Waals surface area contributed by atoms with Gasteiger partial charge in [-0.15, -0.1) is 0 Å². The number of benzene rings is 1. The zero-order valence-electron chi connectivity index (χ0n) is 12.2. The maximum atomic E-state index is 12.4. The van der Waals surface area contributed by atoms with E-state index >= 15 is 0 Å². The first-order chi connectivity index (χ1) is 11.2. The number of nitrogens with zero attached hydrogens (tertiary/aromatic N) is 1. The predicted molar refractivity (Wildman–Crippen MR) is 85.4 cm³/mol. The molecule has 4 rings (SSSR count). The third-order valence-corrected chi connectivity index (χ3v) is 4.55. The molecule has 1 aromatic carbocycles. The van der Waals surface area contributed by atoms with Crippen molar-refractivity contribution in [1.29, 1.82) is 0 Å². The maximum absolute atomic E-state index is 12.4. The summed E-state index contributed by atoms with van der Waals surface area (Å²) in [5.74, 6) is 1.21. The van der Waals surface area contributed by atoms with Crippen LogP contribution in [0.5, 0.6) is 11.5 Å². The van der Waals surface area contributed by atoms with E-state index in [0.29, 0.717) is 30.3 Å². The molecule has 23 heavy (non-hydrogen) atoms. The highest BCUT2D eigenvalue weighted by molar-refractivity contribution is 9.10. The molecule has 0 saturated carbocycles. The van der Waals surface area contributed by atoms with Gasteiger partial charge in [0.15, 0.2) is 17.2 Å². The summed E-state index contributed by atoms with van der Waals surface area (Å²) in [6.07, 6.45) is 0.866.